The lowest BCUT2D eigenvalue weighted by molar-refractivity contribution is -0.110. The summed E-state index contributed by atoms with van der Waals surface area (Å²) >= 11 is 0. The molecule has 41 heavy (non-hydrogen) atoms. The maximum absolute atomic E-state index is 13.5. The monoisotopic (exact) mass is 556 g/mol. The van der Waals surface area contributed by atoms with Crippen LogP contribution in [0.2, 0.25) is 0 Å². The lowest BCUT2D eigenvalue weighted by atomic mass is 10.0. The number of carbonyl (C=O) groups excluding carboxylic acids is 2. The second kappa shape index (κ2) is 11.5. The second-order valence-electron chi connectivity index (χ2n) is 9.50. The van der Waals surface area contributed by atoms with Gasteiger partial charge in [0.15, 0.2) is 23.2 Å². The van der Waals surface area contributed by atoms with Crippen molar-refractivity contribution < 1.29 is 27.9 Å². The van der Waals surface area contributed by atoms with Gasteiger partial charge in [0.2, 0.25) is 0 Å². The number of nitrogens with one attached hydrogen (secondary N) is 1. The topological polar surface area (TPSA) is 88.4 Å². The number of amides is 1. The standard InChI is InChI=1S/C32H23F3N2O4/c33-26-15-21(16-27(34)30(26)35)18-37-13-3-5-24(32(37)41)29(39)6-2-1-4-19-9-12-23-25(31(40)36-28(23)17-19)14-20-7-10-22(38)11-8-20/h1,3-5,7-17,38H,2,6,18H2,(H,36,40)/b4-1+,25-14+. The number of allylic oxidation sites excluding steroid dienone is 1. The first-order chi connectivity index (χ1) is 19.7. The summed E-state index contributed by atoms with van der Waals surface area (Å²) in [5, 5.41) is 12.3. The first kappa shape index (κ1) is 27.4. The Balaban J connectivity index is 1.23. The van der Waals surface area contributed by atoms with E-state index in [1.807, 2.05) is 24.3 Å². The highest BCUT2D eigenvalue weighted by Crippen LogP contribution is 2.34. The number of rotatable bonds is 8. The second-order valence-corrected chi connectivity index (χ2v) is 9.50. The number of Topliss-reactive ketones (excluding diaryl/α,β-unsaturated/α-hetero) is 1. The summed E-state index contributed by atoms with van der Waals surface area (Å²) in [4.78, 5) is 38.1. The van der Waals surface area contributed by atoms with Crippen LogP contribution >= 0.6 is 0 Å². The molecule has 0 atom stereocenters. The number of phenols is 1. The van der Waals surface area contributed by atoms with Crippen molar-refractivity contribution in [2.24, 2.45) is 0 Å². The molecule has 1 aromatic heterocycles. The molecule has 0 aliphatic carbocycles. The minimum Gasteiger partial charge on any atom is -0.508 e. The van der Waals surface area contributed by atoms with Gasteiger partial charge in [-0.25, -0.2) is 13.2 Å². The third kappa shape index (κ3) is 6.04. The Bertz CT molecular complexity index is 1770. The van der Waals surface area contributed by atoms with Crippen molar-refractivity contribution in [3.63, 3.8) is 0 Å². The number of aromatic hydroxyl groups is 1. The van der Waals surface area contributed by atoms with E-state index in [1.54, 1.807) is 36.4 Å². The van der Waals surface area contributed by atoms with Crippen molar-refractivity contribution in [2.45, 2.75) is 19.4 Å². The van der Waals surface area contributed by atoms with Gasteiger partial charge in [0.25, 0.3) is 11.5 Å². The van der Waals surface area contributed by atoms with E-state index < -0.39 is 28.8 Å². The van der Waals surface area contributed by atoms with E-state index >= 15 is 0 Å². The van der Waals surface area contributed by atoms with Gasteiger partial charge in [-0.2, -0.15) is 0 Å². The molecule has 2 N–H and O–H groups in total. The minimum absolute atomic E-state index is 0.0459. The molecule has 1 aliphatic heterocycles. The summed E-state index contributed by atoms with van der Waals surface area (Å²) < 4.78 is 41.5. The number of halogens is 3. The van der Waals surface area contributed by atoms with E-state index in [9.17, 15) is 32.7 Å². The smallest absolute Gasteiger partial charge is 0.261 e. The van der Waals surface area contributed by atoms with Crippen LogP contribution in [-0.4, -0.2) is 21.4 Å². The fourth-order valence-electron chi connectivity index (χ4n) is 4.53. The molecule has 9 heteroatoms. The highest BCUT2D eigenvalue weighted by Gasteiger charge is 2.24. The molecular formula is C32H23F3N2O4. The van der Waals surface area contributed by atoms with Crippen molar-refractivity contribution in [2.75, 3.05) is 5.32 Å². The van der Waals surface area contributed by atoms with Crippen LogP contribution < -0.4 is 10.9 Å². The third-order valence-electron chi connectivity index (χ3n) is 6.60. The number of ketones is 1. The molecule has 1 amide bonds. The van der Waals surface area contributed by atoms with E-state index in [4.69, 9.17) is 0 Å². The molecule has 0 fully saturated rings. The Kier molecular flexibility index (Phi) is 7.69. The average Bonchev–Trinajstić information content (AvgIpc) is 3.25. The van der Waals surface area contributed by atoms with Crippen molar-refractivity contribution in [3.8, 4) is 5.75 Å². The first-order valence-electron chi connectivity index (χ1n) is 12.7. The molecule has 4 aromatic rings. The molecule has 6 nitrogen and oxygen atoms in total. The highest BCUT2D eigenvalue weighted by molar-refractivity contribution is 6.35. The SMILES string of the molecule is O=C1Nc2cc(/C=C/CCC(=O)c3cccn(Cc4cc(F)c(F)c(F)c4)c3=O)ccc2/C1=C\c1ccc(O)cc1. The number of benzene rings is 3. The number of hydrogen-bond donors (Lipinski definition) is 2. The highest BCUT2D eigenvalue weighted by atomic mass is 19.2. The summed E-state index contributed by atoms with van der Waals surface area (Å²) in [6.07, 6.45) is 7.12. The zero-order chi connectivity index (χ0) is 29.1. The van der Waals surface area contributed by atoms with E-state index in [1.165, 1.54) is 18.3 Å². The van der Waals surface area contributed by atoms with Gasteiger partial charge in [-0.05, 0) is 71.7 Å². The maximum atomic E-state index is 13.5. The largest absolute Gasteiger partial charge is 0.508 e. The number of anilines is 1. The Labute approximate surface area is 232 Å². The number of nitrogens with zero attached hydrogens (tertiary/aromatic N) is 1. The number of phenolic OH excluding ortho intramolecular Hbond substituents is 1. The number of hydrogen-bond acceptors (Lipinski definition) is 4. The number of pyridine rings is 1. The molecular weight excluding hydrogens is 533 g/mol. The van der Waals surface area contributed by atoms with Crippen LogP contribution in [0, 0.1) is 17.5 Å². The van der Waals surface area contributed by atoms with E-state index in [-0.39, 0.29) is 35.7 Å². The summed E-state index contributed by atoms with van der Waals surface area (Å²) in [6, 6.07) is 16.5. The molecule has 0 saturated heterocycles. The zero-order valence-electron chi connectivity index (χ0n) is 21.5. The third-order valence-corrected chi connectivity index (χ3v) is 6.60. The quantitative estimate of drug-likeness (QED) is 0.154. The molecule has 0 radical (unpaired) electrons. The molecule has 3 aromatic carbocycles. The van der Waals surface area contributed by atoms with Crippen LogP contribution in [0.1, 0.15) is 45.5 Å². The molecule has 206 valence electrons. The van der Waals surface area contributed by atoms with E-state index in [0.29, 0.717) is 17.7 Å². The van der Waals surface area contributed by atoms with E-state index in [0.717, 1.165) is 33.4 Å². The number of aromatic nitrogens is 1. The Morgan fingerprint density at radius 1 is 0.927 bits per heavy atom. The van der Waals surface area contributed by atoms with Gasteiger partial charge in [-0.1, -0.05) is 36.4 Å². The van der Waals surface area contributed by atoms with Crippen molar-refractivity contribution in [1.29, 1.82) is 0 Å². The van der Waals surface area contributed by atoms with Crippen molar-refractivity contribution >= 4 is 35.1 Å². The minimum atomic E-state index is -1.59. The molecule has 0 unspecified atom stereocenters. The predicted octanol–water partition coefficient (Wildman–Crippen LogP) is 6.19. The van der Waals surface area contributed by atoms with Crippen LogP contribution in [0.3, 0.4) is 0 Å². The van der Waals surface area contributed by atoms with Crippen LogP contribution in [0.15, 0.2) is 83.8 Å². The molecule has 5 rings (SSSR count). The number of fused-ring (bicyclic) bond motifs is 1. The molecule has 1 aliphatic rings. The fraction of sp³-hybridized carbons (Fsp3) is 0.0938. The normalized spacial score (nSPS) is 13.5. The fourth-order valence-corrected chi connectivity index (χ4v) is 4.53. The predicted molar refractivity (Wildman–Crippen MR) is 150 cm³/mol. The summed E-state index contributed by atoms with van der Waals surface area (Å²) in [5.41, 5.74) is 2.88. The lowest BCUT2D eigenvalue weighted by Gasteiger charge is -2.08. The molecule has 0 spiro atoms. The molecule has 0 saturated carbocycles. The van der Waals surface area contributed by atoms with Crippen LogP contribution in [0.25, 0.3) is 17.7 Å². The van der Waals surface area contributed by atoms with Gasteiger partial charge in [-0.15, -0.1) is 0 Å². The van der Waals surface area contributed by atoms with E-state index in [2.05, 4.69) is 5.32 Å². The Morgan fingerprint density at radius 2 is 1.63 bits per heavy atom. The van der Waals surface area contributed by atoms with Gasteiger partial charge in [-0.3, -0.25) is 14.4 Å². The van der Waals surface area contributed by atoms with Gasteiger partial charge in [0.05, 0.1) is 12.1 Å². The van der Waals surface area contributed by atoms with Gasteiger partial charge in [0.1, 0.15) is 5.75 Å². The Morgan fingerprint density at radius 3 is 2.37 bits per heavy atom. The summed E-state index contributed by atoms with van der Waals surface area (Å²) in [5.74, 6) is -4.79. The Hall–Kier alpha value is -5.18. The number of carbonyl (C=O) groups is 2. The average molecular weight is 557 g/mol. The van der Waals surface area contributed by atoms with Crippen molar-refractivity contribution in [3.05, 3.63) is 135 Å². The van der Waals surface area contributed by atoms with Gasteiger partial charge in [0, 0.05) is 29.4 Å². The summed E-state index contributed by atoms with van der Waals surface area (Å²) in [7, 11) is 0. The first-order valence-corrected chi connectivity index (χ1v) is 12.7. The lowest BCUT2D eigenvalue weighted by Crippen LogP contribution is -2.26. The van der Waals surface area contributed by atoms with Gasteiger partial charge < -0.3 is 15.0 Å². The van der Waals surface area contributed by atoms with Gasteiger partial charge >= 0.3 is 0 Å². The van der Waals surface area contributed by atoms with Crippen molar-refractivity contribution in [1.82, 2.24) is 4.57 Å². The summed E-state index contributed by atoms with van der Waals surface area (Å²) in [6.45, 7) is -0.227. The van der Waals surface area contributed by atoms with Crippen LogP contribution in [0.4, 0.5) is 18.9 Å². The molecule has 2 heterocycles. The maximum Gasteiger partial charge on any atom is 0.261 e. The molecule has 0 bridgehead atoms. The zero-order valence-corrected chi connectivity index (χ0v) is 21.5. The van der Waals surface area contributed by atoms with Crippen LogP contribution in [-0.2, 0) is 11.3 Å². The van der Waals surface area contributed by atoms with Crippen LogP contribution in [0.5, 0.6) is 5.75 Å².